The highest BCUT2D eigenvalue weighted by atomic mass is 32.2. The molecule has 2 N–H and O–H groups in total. The Morgan fingerprint density at radius 3 is 2.52 bits per heavy atom. The van der Waals surface area contributed by atoms with Crippen molar-refractivity contribution in [1.82, 2.24) is 19.8 Å². The van der Waals surface area contributed by atoms with Gasteiger partial charge in [0.15, 0.2) is 0 Å². The van der Waals surface area contributed by atoms with E-state index in [-0.39, 0.29) is 10.8 Å². The maximum Gasteiger partial charge on any atom is 0.322 e. The van der Waals surface area contributed by atoms with Gasteiger partial charge in [-0.15, -0.1) is 0 Å². The Morgan fingerprint density at radius 2 is 1.89 bits per heavy atom. The first-order valence-corrected chi connectivity index (χ1v) is 9.87. The SMILES string of the molecule is CN1CCN(Cc2cnc(NS(=O)(=O)c3ccccc3)nc2)C[C@@H]1C(=O)O. The Balaban J connectivity index is 1.63. The minimum atomic E-state index is -3.73. The van der Waals surface area contributed by atoms with Crippen molar-refractivity contribution in [3.05, 3.63) is 48.3 Å². The maximum atomic E-state index is 12.3. The lowest BCUT2D eigenvalue weighted by atomic mass is 10.1. The predicted octanol–water partition coefficient (Wildman–Crippen LogP) is 0.478. The minimum absolute atomic E-state index is 0.00982. The number of nitrogens with one attached hydrogen (secondary N) is 1. The second-order valence-electron chi connectivity index (χ2n) is 6.40. The quantitative estimate of drug-likeness (QED) is 0.730. The molecule has 1 fully saturated rings. The van der Waals surface area contributed by atoms with Crippen LogP contribution < -0.4 is 4.72 Å². The Labute approximate surface area is 157 Å². The van der Waals surface area contributed by atoms with E-state index in [2.05, 4.69) is 14.7 Å². The van der Waals surface area contributed by atoms with Crippen LogP contribution in [0.4, 0.5) is 5.95 Å². The van der Waals surface area contributed by atoms with E-state index in [1.165, 1.54) is 12.1 Å². The zero-order valence-corrected chi connectivity index (χ0v) is 15.6. The Morgan fingerprint density at radius 1 is 1.22 bits per heavy atom. The van der Waals surface area contributed by atoms with Crippen LogP contribution in [-0.4, -0.2) is 72.0 Å². The van der Waals surface area contributed by atoms with Crippen molar-refractivity contribution in [3.8, 4) is 0 Å². The summed E-state index contributed by atoms with van der Waals surface area (Å²) in [5.41, 5.74) is 0.784. The zero-order valence-electron chi connectivity index (χ0n) is 14.8. The third-order valence-corrected chi connectivity index (χ3v) is 5.75. The second-order valence-corrected chi connectivity index (χ2v) is 8.09. The van der Waals surface area contributed by atoms with Gasteiger partial charge in [0.05, 0.1) is 4.90 Å². The Bertz CT molecular complexity index is 889. The van der Waals surface area contributed by atoms with Crippen molar-refractivity contribution >= 4 is 21.9 Å². The minimum Gasteiger partial charge on any atom is -0.480 e. The Hall–Kier alpha value is -2.56. The molecule has 27 heavy (non-hydrogen) atoms. The molecule has 0 spiro atoms. The largest absolute Gasteiger partial charge is 0.480 e. The van der Waals surface area contributed by atoms with Crippen molar-refractivity contribution in [2.45, 2.75) is 17.5 Å². The average molecular weight is 391 g/mol. The first-order chi connectivity index (χ1) is 12.8. The van der Waals surface area contributed by atoms with E-state index in [9.17, 15) is 18.3 Å². The number of likely N-dealkylation sites (N-methyl/N-ethyl adjacent to an activating group) is 1. The third kappa shape index (κ3) is 4.79. The van der Waals surface area contributed by atoms with Crippen LogP contribution in [-0.2, 0) is 21.4 Å². The van der Waals surface area contributed by atoms with Crippen molar-refractivity contribution < 1.29 is 18.3 Å². The molecule has 2 heterocycles. The molecule has 1 aliphatic heterocycles. The summed E-state index contributed by atoms with van der Waals surface area (Å²) in [7, 11) is -1.93. The van der Waals surface area contributed by atoms with Gasteiger partial charge < -0.3 is 5.11 Å². The molecule has 9 nitrogen and oxygen atoms in total. The number of hydrogen-bond acceptors (Lipinski definition) is 7. The number of aliphatic carboxylic acids is 1. The summed E-state index contributed by atoms with van der Waals surface area (Å²) in [5, 5.41) is 9.27. The van der Waals surface area contributed by atoms with Crippen molar-refractivity contribution in [2.75, 3.05) is 31.4 Å². The number of carbonyl (C=O) groups is 1. The number of anilines is 1. The highest BCUT2D eigenvalue weighted by Gasteiger charge is 2.29. The molecule has 1 atom stereocenters. The summed E-state index contributed by atoms with van der Waals surface area (Å²) >= 11 is 0. The molecule has 0 radical (unpaired) electrons. The van der Waals surface area contributed by atoms with E-state index in [4.69, 9.17) is 0 Å². The molecule has 1 aromatic heterocycles. The summed E-state index contributed by atoms with van der Waals surface area (Å²) in [6, 6.07) is 7.44. The number of benzene rings is 1. The van der Waals surface area contributed by atoms with Gasteiger partial charge in [0.25, 0.3) is 10.0 Å². The van der Waals surface area contributed by atoms with Crippen LogP contribution in [0.15, 0.2) is 47.6 Å². The fourth-order valence-electron chi connectivity index (χ4n) is 2.87. The first-order valence-electron chi connectivity index (χ1n) is 8.39. The predicted molar refractivity (Wildman–Crippen MR) is 98.6 cm³/mol. The van der Waals surface area contributed by atoms with Crippen LogP contribution in [0.5, 0.6) is 0 Å². The monoisotopic (exact) mass is 391 g/mol. The highest BCUT2D eigenvalue weighted by Crippen LogP contribution is 2.14. The Kier molecular flexibility index (Phi) is 5.68. The molecular weight excluding hydrogens is 370 g/mol. The average Bonchev–Trinajstić information content (AvgIpc) is 2.65. The van der Waals surface area contributed by atoms with E-state index in [1.807, 2.05) is 9.80 Å². The van der Waals surface area contributed by atoms with Crippen molar-refractivity contribution in [2.24, 2.45) is 0 Å². The maximum absolute atomic E-state index is 12.3. The molecule has 0 bridgehead atoms. The van der Waals surface area contributed by atoms with Crippen LogP contribution >= 0.6 is 0 Å². The zero-order chi connectivity index (χ0) is 19.4. The lowest BCUT2D eigenvalue weighted by Crippen LogP contribution is -2.54. The lowest BCUT2D eigenvalue weighted by Gasteiger charge is -2.37. The van der Waals surface area contributed by atoms with E-state index in [1.54, 1.807) is 37.6 Å². The van der Waals surface area contributed by atoms with Crippen LogP contribution in [0.1, 0.15) is 5.56 Å². The molecule has 3 rings (SSSR count). The van der Waals surface area contributed by atoms with Crippen LogP contribution in [0, 0.1) is 0 Å². The highest BCUT2D eigenvalue weighted by molar-refractivity contribution is 7.92. The summed E-state index contributed by atoms with van der Waals surface area (Å²) in [4.78, 5) is 23.4. The van der Waals surface area contributed by atoms with Gasteiger partial charge in [0, 0.05) is 44.1 Å². The number of aromatic nitrogens is 2. The molecule has 1 aliphatic rings. The van der Waals surface area contributed by atoms with E-state index >= 15 is 0 Å². The normalized spacial score (nSPS) is 18.9. The summed E-state index contributed by atoms with van der Waals surface area (Å²) in [6.07, 6.45) is 3.09. The van der Waals surface area contributed by atoms with Crippen LogP contribution in [0.25, 0.3) is 0 Å². The van der Waals surface area contributed by atoms with Gasteiger partial charge in [-0.3, -0.25) is 14.6 Å². The summed E-state index contributed by atoms with van der Waals surface area (Å²) in [6.45, 7) is 2.31. The number of hydrogen-bond donors (Lipinski definition) is 2. The van der Waals surface area contributed by atoms with Gasteiger partial charge in [-0.25, -0.2) is 23.1 Å². The molecule has 1 aromatic carbocycles. The van der Waals surface area contributed by atoms with E-state index in [0.717, 1.165) is 12.1 Å². The topological polar surface area (TPSA) is 116 Å². The van der Waals surface area contributed by atoms with Gasteiger partial charge >= 0.3 is 5.97 Å². The van der Waals surface area contributed by atoms with Gasteiger partial charge in [-0.05, 0) is 19.2 Å². The molecule has 1 saturated heterocycles. The number of carboxylic acid groups (broad SMARTS) is 1. The second kappa shape index (κ2) is 7.99. The van der Waals surface area contributed by atoms with E-state index in [0.29, 0.717) is 19.6 Å². The first kappa shape index (κ1) is 19.2. The molecule has 144 valence electrons. The van der Waals surface area contributed by atoms with Crippen LogP contribution in [0.2, 0.25) is 0 Å². The fourth-order valence-corrected chi connectivity index (χ4v) is 3.85. The molecule has 10 heteroatoms. The van der Waals surface area contributed by atoms with Gasteiger partial charge in [-0.2, -0.15) is 0 Å². The number of piperazine rings is 1. The molecular formula is C17H21N5O4S. The summed E-state index contributed by atoms with van der Waals surface area (Å²) in [5.74, 6) is -0.853. The van der Waals surface area contributed by atoms with Crippen molar-refractivity contribution in [1.29, 1.82) is 0 Å². The molecule has 0 amide bonds. The van der Waals surface area contributed by atoms with Crippen LogP contribution in [0.3, 0.4) is 0 Å². The molecule has 0 aliphatic carbocycles. The number of sulfonamides is 1. The smallest absolute Gasteiger partial charge is 0.322 e. The molecule has 0 saturated carbocycles. The third-order valence-electron chi connectivity index (χ3n) is 4.41. The number of nitrogens with zero attached hydrogens (tertiary/aromatic N) is 4. The van der Waals surface area contributed by atoms with Gasteiger partial charge in [0.1, 0.15) is 6.04 Å². The van der Waals surface area contributed by atoms with Crippen molar-refractivity contribution in [3.63, 3.8) is 0 Å². The number of carboxylic acids is 1. The molecule has 2 aromatic rings. The summed E-state index contributed by atoms with van der Waals surface area (Å²) < 4.78 is 26.9. The van der Waals surface area contributed by atoms with Gasteiger partial charge in [-0.1, -0.05) is 18.2 Å². The lowest BCUT2D eigenvalue weighted by molar-refractivity contribution is -0.145. The fraction of sp³-hybridized carbons (Fsp3) is 0.353. The number of rotatable bonds is 6. The van der Waals surface area contributed by atoms with E-state index < -0.39 is 22.0 Å². The standard InChI is InChI=1S/C17H21N5O4S/c1-21-7-8-22(12-15(21)16(23)24)11-13-9-18-17(19-10-13)20-27(25,26)14-5-3-2-4-6-14/h2-6,9-10,15H,7-8,11-12H2,1H3,(H,23,24)(H,18,19,20)/t15-/m1/s1. The molecule has 0 unspecified atom stereocenters. The van der Waals surface area contributed by atoms with Gasteiger partial charge in [0.2, 0.25) is 5.95 Å².